The quantitative estimate of drug-likeness (QED) is 0.452. The van der Waals surface area contributed by atoms with Crippen molar-refractivity contribution >= 4 is 16.9 Å². The second kappa shape index (κ2) is 10.8. The van der Waals surface area contributed by atoms with E-state index in [-0.39, 0.29) is 42.6 Å². The van der Waals surface area contributed by atoms with E-state index in [1.807, 2.05) is 46.0 Å². The average Bonchev–Trinajstić information content (AvgIpc) is 3.66. The summed E-state index contributed by atoms with van der Waals surface area (Å²) < 4.78 is 41.6. The van der Waals surface area contributed by atoms with Crippen molar-refractivity contribution in [3.05, 3.63) is 70.3 Å². The number of para-hydroxylation sites is 1. The van der Waals surface area contributed by atoms with E-state index in [2.05, 4.69) is 10.6 Å². The molecule has 0 spiro atoms. The van der Waals surface area contributed by atoms with Crippen molar-refractivity contribution in [2.24, 2.45) is 7.05 Å². The van der Waals surface area contributed by atoms with Gasteiger partial charge in [0.25, 0.3) is 5.56 Å². The number of pyridine rings is 1. The maximum atomic E-state index is 13.6. The molecular formula is C28H34F3N5O2. The van der Waals surface area contributed by atoms with Gasteiger partial charge in [0.1, 0.15) is 0 Å². The van der Waals surface area contributed by atoms with Gasteiger partial charge in [-0.15, -0.1) is 0 Å². The summed E-state index contributed by atoms with van der Waals surface area (Å²) >= 11 is 0. The molecule has 5 rings (SSSR count). The Kier molecular flexibility index (Phi) is 7.52. The largest absolute Gasteiger partial charge is 0.389 e. The lowest BCUT2D eigenvalue weighted by Crippen LogP contribution is -2.53. The van der Waals surface area contributed by atoms with Gasteiger partial charge < -0.3 is 24.7 Å². The second-order valence-corrected chi connectivity index (χ2v) is 10.5. The second-order valence-electron chi connectivity index (χ2n) is 10.5. The smallest absolute Gasteiger partial charge is 0.347 e. The number of carbonyl (C=O) groups is 1. The molecule has 2 aliphatic rings. The maximum Gasteiger partial charge on any atom is 0.389 e. The summed E-state index contributed by atoms with van der Waals surface area (Å²) in [5.41, 5.74) is 2.67. The lowest BCUT2D eigenvalue weighted by Gasteiger charge is -2.35. The number of halogens is 3. The van der Waals surface area contributed by atoms with Gasteiger partial charge in [0.05, 0.1) is 0 Å². The minimum atomic E-state index is -4.18. The molecule has 3 heterocycles. The lowest BCUT2D eigenvalue weighted by molar-refractivity contribution is -0.135. The Morgan fingerprint density at radius 3 is 2.71 bits per heavy atom. The van der Waals surface area contributed by atoms with Gasteiger partial charge in [-0.2, -0.15) is 13.2 Å². The van der Waals surface area contributed by atoms with Crippen LogP contribution in [-0.2, 0) is 20.1 Å². The molecule has 1 saturated heterocycles. The Bertz CT molecular complexity index is 1340. The van der Waals surface area contributed by atoms with E-state index < -0.39 is 12.6 Å². The molecule has 0 radical (unpaired) electrons. The molecule has 2 aromatic heterocycles. The zero-order valence-corrected chi connectivity index (χ0v) is 21.5. The third-order valence-corrected chi connectivity index (χ3v) is 7.67. The van der Waals surface area contributed by atoms with Crippen LogP contribution in [0, 0.1) is 0 Å². The standard InChI is InChI=1S/C28H34F3N5O2/c1-34-14-10-19(15-26(34)37)22-9-12-32-16-24(22)33-27(38)36(21-7-8-21)18-20-17-35(13-4-11-28(29,30)31)25-6-3-2-5-23(20)25/h2-3,5-6,10,14-15,17,21-22,24,32H,4,7-9,11-13,16,18H2,1H3,(H,33,38)/t22-,24+/m0/s1. The highest BCUT2D eigenvalue weighted by atomic mass is 19.4. The molecule has 1 saturated carbocycles. The fraction of sp³-hybridized carbons (Fsp3) is 0.500. The van der Waals surface area contributed by atoms with Gasteiger partial charge in [-0.25, -0.2) is 4.79 Å². The SMILES string of the molecule is Cn1ccc([C@@H]2CCNC[C@H]2NC(=O)N(Cc2cn(CCCC(F)(F)F)c3ccccc23)C2CC2)cc1=O. The first-order valence-electron chi connectivity index (χ1n) is 13.3. The highest BCUT2D eigenvalue weighted by molar-refractivity contribution is 5.84. The van der Waals surface area contributed by atoms with Crippen LogP contribution in [0.25, 0.3) is 10.9 Å². The zero-order chi connectivity index (χ0) is 26.9. The molecule has 1 aliphatic carbocycles. The molecule has 2 fully saturated rings. The van der Waals surface area contributed by atoms with Gasteiger partial charge in [-0.3, -0.25) is 4.79 Å². The van der Waals surface area contributed by atoms with Crippen molar-refractivity contribution < 1.29 is 18.0 Å². The van der Waals surface area contributed by atoms with Crippen LogP contribution in [0.1, 0.15) is 49.1 Å². The number of rotatable bonds is 8. The van der Waals surface area contributed by atoms with E-state index >= 15 is 0 Å². The Labute approximate surface area is 219 Å². The van der Waals surface area contributed by atoms with Crippen LogP contribution in [0.4, 0.5) is 18.0 Å². The van der Waals surface area contributed by atoms with Gasteiger partial charge in [-0.05, 0) is 55.5 Å². The summed E-state index contributed by atoms with van der Waals surface area (Å²) in [7, 11) is 1.72. The summed E-state index contributed by atoms with van der Waals surface area (Å²) in [6, 6.07) is 11.1. The lowest BCUT2D eigenvalue weighted by atomic mass is 9.86. The van der Waals surface area contributed by atoms with Crippen LogP contribution < -0.4 is 16.2 Å². The van der Waals surface area contributed by atoms with E-state index in [9.17, 15) is 22.8 Å². The molecule has 2 atom stereocenters. The molecule has 2 amide bonds. The molecule has 3 aromatic rings. The van der Waals surface area contributed by atoms with E-state index in [1.54, 1.807) is 19.3 Å². The fourth-order valence-corrected chi connectivity index (χ4v) is 5.47. The molecule has 1 aromatic carbocycles. The van der Waals surface area contributed by atoms with Crippen molar-refractivity contribution in [2.45, 2.75) is 69.4 Å². The van der Waals surface area contributed by atoms with Gasteiger partial charge >= 0.3 is 12.2 Å². The summed E-state index contributed by atoms with van der Waals surface area (Å²) in [6.07, 6.45) is 1.34. The number of piperidine rings is 1. The number of alkyl halides is 3. The topological polar surface area (TPSA) is 71.3 Å². The number of aryl methyl sites for hydroxylation is 2. The van der Waals surface area contributed by atoms with Crippen molar-refractivity contribution in [3.63, 3.8) is 0 Å². The number of nitrogens with zero attached hydrogens (tertiary/aromatic N) is 3. The molecule has 0 bridgehead atoms. The Morgan fingerprint density at radius 2 is 1.97 bits per heavy atom. The molecule has 1 aliphatic heterocycles. The molecule has 0 unspecified atom stereocenters. The Balaban J connectivity index is 1.33. The fourth-order valence-electron chi connectivity index (χ4n) is 5.47. The first-order valence-corrected chi connectivity index (χ1v) is 13.3. The number of fused-ring (bicyclic) bond motifs is 1. The van der Waals surface area contributed by atoms with Crippen LogP contribution in [0.2, 0.25) is 0 Å². The van der Waals surface area contributed by atoms with Crippen LogP contribution in [0.5, 0.6) is 0 Å². The van der Waals surface area contributed by atoms with Crippen molar-refractivity contribution in [1.82, 2.24) is 24.7 Å². The predicted molar refractivity (Wildman–Crippen MR) is 140 cm³/mol. The molecule has 2 N–H and O–H groups in total. The number of carbonyl (C=O) groups excluding carboxylic acids is 1. The van der Waals surface area contributed by atoms with Crippen LogP contribution in [-0.4, -0.2) is 51.4 Å². The first kappa shape index (κ1) is 26.3. The summed E-state index contributed by atoms with van der Waals surface area (Å²) in [5, 5.41) is 7.54. The number of hydrogen-bond acceptors (Lipinski definition) is 3. The van der Waals surface area contributed by atoms with E-state index in [1.165, 1.54) is 4.57 Å². The van der Waals surface area contributed by atoms with Gasteiger partial charge in [0, 0.05) is 80.5 Å². The highest BCUT2D eigenvalue weighted by Crippen LogP contribution is 2.32. The summed E-state index contributed by atoms with van der Waals surface area (Å²) in [4.78, 5) is 27.7. The molecule has 7 nitrogen and oxygen atoms in total. The highest BCUT2D eigenvalue weighted by Gasteiger charge is 2.36. The number of hydrogen-bond donors (Lipinski definition) is 2. The van der Waals surface area contributed by atoms with Crippen LogP contribution >= 0.6 is 0 Å². The number of amides is 2. The molecule has 38 heavy (non-hydrogen) atoms. The Hall–Kier alpha value is -3.27. The van der Waals surface area contributed by atoms with Crippen LogP contribution in [0.15, 0.2) is 53.6 Å². The van der Waals surface area contributed by atoms with Crippen molar-refractivity contribution in [3.8, 4) is 0 Å². The van der Waals surface area contributed by atoms with E-state index in [0.29, 0.717) is 13.1 Å². The van der Waals surface area contributed by atoms with Gasteiger partial charge in [0.15, 0.2) is 0 Å². The van der Waals surface area contributed by atoms with Crippen LogP contribution in [0.3, 0.4) is 0 Å². The molecular weight excluding hydrogens is 495 g/mol. The van der Waals surface area contributed by atoms with Gasteiger partial charge in [-0.1, -0.05) is 18.2 Å². The zero-order valence-electron chi connectivity index (χ0n) is 21.5. The third kappa shape index (κ3) is 6.06. The third-order valence-electron chi connectivity index (χ3n) is 7.67. The normalized spacial score (nSPS) is 20.0. The van der Waals surface area contributed by atoms with E-state index in [4.69, 9.17) is 0 Å². The molecule has 204 valence electrons. The number of urea groups is 1. The summed E-state index contributed by atoms with van der Waals surface area (Å²) in [5.74, 6) is 0.0331. The van der Waals surface area contributed by atoms with Gasteiger partial charge in [0.2, 0.25) is 0 Å². The Morgan fingerprint density at radius 1 is 1.18 bits per heavy atom. The monoisotopic (exact) mass is 529 g/mol. The minimum absolute atomic E-state index is 0.00704. The number of nitrogens with one attached hydrogen (secondary N) is 2. The maximum absolute atomic E-state index is 13.6. The summed E-state index contributed by atoms with van der Waals surface area (Å²) in [6.45, 7) is 2.08. The number of aromatic nitrogens is 2. The first-order chi connectivity index (χ1) is 18.2. The number of benzene rings is 1. The van der Waals surface area contributed by atoms with E-state index in [0.717, 1.165) is 47.8 Å². The predicted octanol–water partition coefficient (Wildman–Crippen LogP) is 4.50. The van der Waals surface area contributed by atoms with Crippen molar-refractivity contribution in [2.75, 3.05) is 13.1 Å². The van der Waals surface area contributed by atoms with Crippen molar-refractivity contribution in [1.29, 1.82) is 0 Å². The molecule has 10 heteroatoms. The minimum Gasteiger partial charge on any atom is -0.347 e. The average molecular weight is 530 g/mol.